The van der Waals surface area contributed by atoms with E-state index in [9.17, 15) is 0 Å². The van der Waals surface area contributed by atoms with Crippen LogP contribution in [-0.4, -0.2) is 9.66 Å². The number of hydrogen-bond donors (Lipinski definition) is 0. The van der Waals surface area contributed by atoms with Crippen LogP contribution in [0.2, 0.25) is 0 Å². The van der Waals surface area contributed by atoms with E-state index in [4.69, 9.17) is 23.2 Å². The van der Waals surface area contributed by atoms with E-state index < -0.39 is 0 Å². The van der Waals surface area contributed by atoms with Gasteiger partial charge in [0.15, 0.2) is 0 Å². The average molecular weight is 204 g/mol. The number of rotatable bonds is 1. The minimum Gasteiger partial charge on any atom is -0.101 e. The molecule has 0 spiro atoms. The lowest BCUT2D eigenvalue weighted by Gasteiger charge is -1.89. The second-order valence-corrected chi connectivity index (χ2v) is 4.01. The third-order valence-electron chi connectivity index (χ3n) is 1.14. The van der Waals surface area contributed by atoms with Gasteiger partial charge in [-0.05, 0) is 6.42 Å². The van der Waals surface area contributed by atoms with Crippen molar-refractivity contribution in [2.75, 3.05) is 5.33 Å². The van der Waals surface area contributed by atoms with Crippen LogP contribution in [0.15, 0.2) is 0 Å². The molecule has 0 unspecified atom stereocenters. The first kappa shape index (κ1) is 6.18. The summed E-state index contributed by atoms with van der Waals surface area (Å²) in [5.41, 5.74) is 0. The minimum atomic E-state index is -0.385. The third kappa shape index (κ3) is 1.24. The maximum Gasteiger partial charge on any atom is 0.122 e. The molecule has 0 nitrogen and oxygen atoms in total. The Morgan fingerprint density at radius 1 is 1.71 bits per heavy atom. The van der Waals surface area contributed by atoms with Crippen molar-refractivity contribution >= 4 is 39.1 Å². The fourth-order valence-corrected chi connectivity index (χ4v) is 2.12. The van der Waals surface area contributed by atoms with Crippen LogP contribution in [0.5, 0.6) is 0 Å². The molecular formula is C4H5BrCl2. The van der Waals surface area contributed by atoms with Crippen LogP contribution < -0.4 is 0 Å². The summed E-state index contributed by atoms with van der Waals surface area (Å²) in [6.45, 7) is 0. The third-order valence-corrected chi connectivity index (χ3v) is 2.85. The van der Waals surface area contributed by atoms with Crippen molar-refractivity contribution in [3.05, 3.63) is 0 Å². The summed E-state index contributed by atoms with van der Waals surface area (Å²) in [4.78, 5) is 0. The predicted octanol–water partition coefficient (Wildman–Crippen LogP) is 2.58. The Labute approximate surface area is 61.3 Å². The zero-order chi connectivity index (χ0) is 5.49. The molecule has 0 aromatic heterocycles. The molecule has 0 heterocycles. The summed E-state index contributed by atoms with van der Waals surface area (Å²) in [5, 5.41) is 0.931. The maximum atomic E-state index is 5.64. The van der Waals surface area contributed by atoms with Crippen molar-refractivity contribution in [2.45, 2.75) is 10.8 Å². The molecule has 0 amide bonds. The van der Waals surface area contributed by atoms with Gasteiger partial charge in [0.05, 0.1) is 0 Å². The molecule has 1 saturated carbocycles. The summed E-state index contributed by atoms with van der Waals surface area (Å²) < 4.78 is -0.385. The van der Waals surface area contributed by atoms with Gasteiger partial charge < -0.3 is 0 Å². The molecule has 0 aromatic rings. The Morgan fingerprint density at radius 3 is 2.14 bits per heavy atom. The van der Waals surface area contributed by atoms with Crippen molar-refractivity contribution in [2.24, 2.45) is 5.92 Å². The first-order chi connectivity index (χ1) is 3.17. The van der Waals surface area contributed by atoms with Gasteiger partial charge in [-0.25, -0.2) is 0 Å². The molecule has 0 aromatic carbocycles. The topological polar surface area (TPSA) is 0 Å². The van der Waals surface area contributed by atoms with Gasteiger partial charge in [0, 0.05) is 11.2 Å². The summed E-state index contributed by atoms with van der Waals surface area (Å²) in [6, 6.07) is 0. The zero-order valence-corrected chi connectivity index (χ0v) is 6.72. The Morgan fingerprint density at radius 2 is 2.14 bits per heavy atom. The highest BCUT2D eigenvalue weighted by atomic mass is 79.9. The minimum absolute atomic E-state index is 0.385. The van der Waals surface area contributed by atoms with Gasteiger partial charge >= 0.3 is 0 Å². The molecule has 0 radical (unpaired) electrons. The Kier molecular flexibility index (Phi) is 1.57. The maximum absolute atomic E-state index is 5.64. The average Bonchev–Trinajstić information content (AvgIpc) is 2.13. The molecule has 1 atom stereocenters. The van der Waals surface area contributed by atoms with Crippen molar-refractivity contribution in [1.82, 2.24) is 0 Å². The van der Waals surface area contributed by atoms with Crippen LogP contribution in [0, 0.1) is 5.92 Å². The molecular weight excluding hydrogens is 199 g/mol. The van der Waals surface area contributed by atoms with Crippen LogP contribution in [0.1, 0.15) is 6.42 Å². The summed E-state index contributed by atoms with van der Waals surface area (Å²) in [7, 11) is 0. The van der Waals surface area contributed by atoms with E-state index in [1.807, 2.05) is 0 Å². The lowest BCUT2D eigenvalue weighted by atomic mass is 10.5. The molecule has 0 aliphatic heterocycles. The SMILES string of the molecule is ClC1(Cl)C[C@H]1CBr. The van der Waals surface area contributed by atoms with Crippen molar-refractivity contribution < 1.29 is 0 Å². The van der Waals surface area contributed by atoms with Crippen LogP contribution in [0.4, 0.5) is 0 Å². The van der Waals surface area contributed by atoms with Crippen molar-refractivity contribution in [3.8, 4) is 0 Å². The lowest BCUT2D eigenvalue weighted by Crippen LogP contribution is -1.88. The molecule has 1 rings (SSSR count). The molecule has 0 N–H and O–H groups in total. The van der Waals surface area contributed by atoms with Gasteiger partial charge in [0.1, 0.15) is 4.33 Å². The Balaban J connectivity index is 2.30. The van der Waals surface area contributed by atoms with Crippen LogP contribution in [0.25, 0.3) is 0 Å². The first-order valence-corrected chi connectivity index (χ1v) is 3.98. The highest BCUT2D eigenvalue weighted by Crippen LogP contribution is 2.53. The van der Waals surface area contributed by atoms with Gasteiger partial charge in [-0.1, -0.05) is 15.9 Å². The van der Waals surface area contributed by atoms with Gasteiger partial charge in [-0.2, -0.15) is 0 Å². The molecule has 0 bridgehead atoms. The number of halogens is 3. The summed E-state index contributed by atoms with van der Waals surface area (Å²) >= 11 is 14.6. The molecule has 1 aliphatic rings. The molecule has 1 fully saturated rings. The van der Waals surface area contributed by atoms with Gasteiger partial charge in [0.25, 0.3) is 0 Å². The number of alkyl halides is 3. The molecule has 1 aliphatic carbocycles. The van der Waals surface area contributed by atoms with Crippen LogP contribution in [-0.2, 0) is 0 Å². The highest BCUT2D eigenvalue weighted by molar-refractivity contribution is 9.09. The van der Waals surface area contributed by atoms with E-state index in [0.717, 1.165) is 11.8 Å². The van der Waals surface area contributed by atoms with Gasteiger partial charge in [-0.3, -0.25) is 0 Å². The van der Waals surface area contributed by atoms with Crippen molar-refractivity contribution in [3.63, 3.8) is 0 Å². The standard InChI is InChI=1S/C4H5BrCl2/c5-2-3-1-4(3,6)7/h3H,1-2H2/t3-/m0/s1. The monoisotopic (exact) mass is 202 g/mol. The first-order valence-electron chi connectivity index (χ1n) is 2.10. The Bertz CT molecular complexity index is 81.8. The summed E-state index contributed by atoms with van der Waals surface area (Å²) in [5.74, 6) is 0.496. The highest BCUT2D eigenvalue weighted by Gasteiger charge is 2.50. The lowest BCUT2D eigenvalue weighted by molar-refractivity contribution is 0.990. The number of hydrogen-bond acceptors (Lipinski definition) is 0. The van der Waals surface area contributed by atoms with Crippen LogP contribution in [0.3, 0.4) is 0 Å². The van der Waals surface area contributed by atoms with E-state index >= 15 is 0 Å². The quantitative estimate of drug-likeness (QED) is 0.575. The molecule has 42 valence electrons. The van der Waals surface area contributed by atoms with Crippen molar-refractivity contribution in [1.29, 1.82) is 0 Å². The van der Waals surface area contributed by atoms with E-state index in [1.54, 1.807) is 0 Å². The Hall–Kier alpha value is 1.06. The second-order valence-electron chi connectivity index (χ2n) is 1.82. The smallest absolute Gasteiger partial charge is 0.101 e. The fourth-order valence-electron chi connectivity index (χ4n) is 0.437. The van der Waals surface area contributed by atoms with E-state index in [-0.39, 0.29) is 4.33 Å². The predicted molar refractivity (Wildman–Crippen MR) is 36.3 cm³/mol. The molecule has 3 heteroatoms. The van der Waals surface area contributed by atoms with Crippen LogP contribution >= 0.6 is 39.1 Å². The fraction of sp³-hybridized carbons (Fsp3) is 1.00. The summed E-state index contributed by atoms with van der Waals surface area (Å²) in [6.07, 6.45) is 0.946. The van der Waals surface area contributed by atoms with Gasteiger partial charge in [-0.15, -0.1) is 23.2 Å². The molecule has 7 heavy (non-hydrogen) atoms. The van der Waals surface area contributed by atoms with E-state index in [1.165, 1.54) is 0 Å². The molecule has 0 saturated heterocycles. The second kappa shape index (κ2) is 1.78. The largest absolute Gasteiger partial charge is 0.122 e. The normalized spacial score (nSPS) is 35.6. The van der Waals surface area contributed by atoms with E-state index in [0.29, 0.717) is 5.92 Å². The van der Waals surface area contributed by atoms with Gasteiger partial charge in [0.2, 0.25) is 0 Å². The zero-order valence-electron chi connectivity index (χ0n) is 3.63. The van der Waals surface area contributed by atoms with E-state index in [2.05, 4.69) is 15.9 Å².